The Morgan fingerprint density at radius 1 is 1.16 bits per heavy atom. The van der Waals surface area contributed by atoms with Crippen LogP contribution in [0.4, 0.5) is 0 Å². The van der Waals surface area contributed by atoms with E-state index in [1.165, 1.54) is 4.31 Å². The largest absolute Gasteiger partial charge is 0.493 e. The second kappa shape index (κ2) is 4.77. The lowest BCUT2D eigenvalue weighted by molar-refractivity contribution is 0.0730. The van der Waals surface area contributed by atoms with Gasteiger partial charge in [-0.1, -0.05) is 0 Å². The molecule has 0 unspecified atom stereocenters. The average molecular weight is 283 g/mol. The maximum Gasteiger partial charge on any atom is 0.243 e. The minimum atomic E-state index is -3.41. The number of fused-ring (bicyclic) bond motifs is 1. The van der Waals surface area contributed by atoms with Gasteiger partial charge >= 0.3 is 0 Å². The van der Waals surface area contributed by atoms with Crippen molar-refractivity contribution in [3.05, 3.63) is 23.3 Å². The van der Waals surface area contributed by atoms with E-state index in [9.17, 15) is 8.42 Å². The van der Waals surface area contributed by atoms with Crippen molar-refractivity contribution < 1.29 is 17.9 Å². The van der Waals surface area contributed by atoms with Crippen molar-refractivity contribution in [2.75, 3.05) is 32.9 Å². The number of morpholine rings is 1. The van der Waals surface area contributed by atoms with Gasteiger partial charge in [0.15, 0.2) is 0 Å². The van der Waals surface area contributed by atoms with Crippen molar-refractivity contribution in [1.82, 2.24) is 4.31 Å². The second-order valence-corrected chi connectivity index (χ2v) is 6.78. The molecule has 1 fully saturated rings. The lowest BCUT2D eigenvalue weighted by atomic mass is 10.1. The molecule has 0 aliphatic carbocycles. The van der Waals surface area contributed by atoms with Crippen LogP contribution < -0.4 is 4.74 Å². The van der Waals surface area contributed by atoms with Gasteiger partial charge in [0.25, 0.3) is 0 Å². The van der Waals surface area contributed by atoms with E-state index in [1.807, 2.05) is 6.92 Å². The predicted octanol–water partition coefficient (Wildman–Crippen LogP) is 0.951. The fourth-order valence-electron chi connectivity index (χ4n) is 2.55. The number of hydrogen-bond acceptors (Lipinski definition) is 4. The first-order valence-electron chi connectivity index (χ1n) is 6.43. The molecule has 0 atom stereocenters. The summed E-state index contributed by atoms with van der Waals surface area (Å²) in [5.41, 5.74) is 1.88. The first-order chi connectivity index (χ1) is 9.09. The van der Waals surface area contributed by atoms with Crippen LogP contribution in [0.3, 0.4) is 0 Å². The maximum absolute atomic E-state index is 12.6. The van der Waals surface area contributed by atoms with Gasteiger partial charge in [0.2, 0.25) is 10.0 Å². The summed E-state index contributed by atoms with van der Waals surface area (Å²) in [6.45, 7) is 4.31. The summed E-state index contributed by atoms with van der Waals surface area (Å²) in [6.07, 6.45) is 0.780. The molecule has 2 aliphatic rings. The SMILES string of the molecule is Cc1cc(S(=O)(=O)N2CCOCC2)cc2c1OCC2. The van der Waals surface area contributed by atoms with Crippen LogP contribution in [0.5, 0.6) is 5.75 Å². The van der Waals surface area contributed by atoms with E-state index in [-0.39, 0.29) is 0 Å². The van der Waals surface area contributed by atoms with Crippen molar-refractivity contribution in [2.24, 2.45) is 0 Å². The van der Waals surface area contributed by atoms with E-state index in [2.05, 4.69) is 0 Å². The normalized spacial score (nSPS) is 20.1. The summed E-state index contributed by atoms with van der Waals surface area (Å²) in [7, 11) is -3.41. The first-order valence-corrected chi connectivity index (χ1v) is 7.87. The molecule has 104 valence electrons. The third-order valence-electron chi connectivity index (χ3n) is 3.55. The number of aryl methyl sites for hydroxylation is 1. The van der Waals surface area contributed by atoms with Crippen LogP contribution in [0.2, 0.25) is 0 Å². The number of ether oxygens (including phenoxy) is 2. The van der Waals surface area contributed by atoms with Crippen molar-refractivity contribution in [1.29, 1.82) is 0 Å². The molecule has 1 aromatic carbocycles. The third-order valence-corrected chi connectivity index (χ3v) is 5.43. The van der Waals surface area contributed by atoms with Gasteiger partial charge < -0.3 is 9.47 Å². The molecule has 0 aromatic heterocycles. The van der Waals surface area contributed by atoms with Crippen LogP contribution in [0.1, 0.15) is 11.1 Å². The van der Waals surface area contributed by atoms with Crippen molar-refractivity contribution >= 4 is 10.0 Å². The highest BCUT2D eigenvalue weighted by Gasteiger charge is 2.28. The molecule has 0 saturated carbocycles. The summed E-state index contributed by atoms with van der Waals surface area (Å²) >= 11 is 0. The van der Waals surface area contributed by atoms with Crippen molar-refractivity contribution in [2.45, 2.75) is 18.2 Å². The highest BCUT2D eigenvalue weighted by Crippen LogP contribution is 2.32. The smallest absolute Gasteiger partial charge is 0.243 e. The topological polar surface area (TPSA) is 55.8 Å². The molecule has 3 rings (SSSR count). The summed E-state index contributed by atoms with van der Waals surface area (Å²) in [5, 5.41) is 0. The van der Waals surface area contributed by atoms with Gasteiger partial charge in [0.1, 0.15) is 5.75 Å². The van der Waals surface area contributed by atoms with Gasteiger partial charge in [-0.3, -0.25) is 0 Å². The lowest BCUT2D eigenvalue weighted by Crippen LogP contribution is -2.40. The Kier molecular flexibility index (Phi) is 3.24. The molecule has 0 spiro atoms. The molecule has 0 N–H and O–H groups in total. The van der Waals surface area contributed by atoms with Crippen LogP contribution in [-0.4, -0.2) is 45.6 Å². The molecule has 1 saturated heterocycles. The third kappa shape index (κ3) is 2.24. The Labute approximate surface area is 113 Å². The molecule has 19 heavy (non-hydrogen) atoms. The molecule has 2 heterocycles. The zero-order chi connectivity index (χ0) is 13.5. The Balaban J connectivity index is 1.99. The van der Waals surface area contributed by atoms with Crippen LogP contribution in [0, 0.1) is 6.92 Å². The Morgan fingerprint density at radius 3 is 2.63 bits per heavy atom. The van der Waals surface area contributed by atoms with Gasteiger partial charge in [-0.2, -0.15) is 4.31 Å². The highest BCUT2D eigenvalue weighted by molar-refractivity contribution is 7.89. The molecule has 1 aromatic rings. The van der Waals surface area contributed by atoms with Crippen LogP contribution >= 0.6 is 0 Å². The van der Waals surface area contributed by atoms with E-state index in [1.54, 1.807) is 12.1 Å². The molecular weight excluding hydrogens is 266 g/mol. The predicted molar refractivity (Wildman–Crippen MR) is 70.0 cm³/mol. The van der Waals surface area contributed by atoms with E-state index >= 15 is 0 Å². The monoisotopic (exact) mass is 283 g/mol. The fraction of sp³-hybridized carbons (Fsp3) is 0.538. The molecule has 5 nitrogen and oxygen atoms in total. The minimum absolute atomic E-state index is 0.371. The second-order valence-electron chi connectivity index (χ2n) is 4.84. The van der Waals surface area contributed by atoms with Crippen LogP contribution in [0.15, 0.2) is 17.0 Å². The summed E-state index contributed by atoms with van der Waals surface area (Å²) in [4.78, 5) is 0.371. The number of sulfonamides is 1. The maximum atomic E-state index is 12.6. The molecular formula is C13H17NO4S. The number of hydrogen-bond donors (Lipinski definition) is 0. The van der Waals surface area contributed by atoms with Gasteiger partial charge in [0.05, 0.1) is 24.7 Å². The van der Waals surface area contributed by atoms with Crippen molar-refractivity contribution in [3.63, 3.8) is 0 Å². The molecule has 0 amide bonds. The lowest BCUT2D eigenvalue weighted by Gasteiger charge is -2.26. The summed E-state index contributed by atoms with van der Waals surface area (Å²) in [5.74, 6) is 0.848. The van der Waals surface area contributed by atoms with Gasteiger partial charge in [0, 0.05) is 19.5 Å². The Bertz CT molecular complexity index is 591. The van der Waals surface area contributed by atoms with E-state index < -0.39 is 10.0 Å². The summed E-state index contributed by atoms with van der Waals surface area (Å²) < 4.78 is 37.3. The molecule has 0 radical (unpaired) electrons. The van der Waals surface area contributed by atoms with Gasteiger partial charge in [-0.15, -0.1) is 0 Å². The highest BCUT2D eigenvalue weighted by atomic mass is 32.2. The average Bonchev–Trinajstić information content (AvgIpc) is 2.88. The van der Waals surface area contributed by atoms with Gasteiger partial charge in [-0.05, 0) is 30.2 Å². The quantitative estimate of drug-likeness (QED) is 0.811. The minimum Gasteiger partial charge on any atom is -0.493 e. The number of benzene rings is 1. The van der Waals surface area contributed by atoms with Crippen molar-refractivity contribution in [3.8, 4) is 5.75 Å². The molecule has 0 bridgehead atoms. The van der Waals surface area contributed by atoms with E-state index in [4.69, 9.17) is 9.47 Å². The van der Waals surface area contributed by atoms with Crippen LogP contribution in [-0.2, 0) is 21.2 Å². The first kappa shape index (κ1) is 12.9. The van der Waals surface area contributed by atoms with E-state index in [0.29, 0.717) is 37.8 Å². The Hall–Kier alpha value is -1.11. The molecule has 2 aliphatic heterocycles. The number of nitrogens with zero attached hydrogens (tertiary/aromatic N) is 1. The van der Waals surface area contributed by atoms with E-state index in [0.717, 1.165) is 23.3 Å². The van der Waals surface area contributed by atoms with Gasteiger partial charge in [-0.25, -0.2) is 8.42 Å². The fourth-order valence-corrected chi connectivity index (χ4v) is 4.10. The number of rotatable bonds is 2. The summed E-state index contributed by atoms with van der Waals surface area (Å²) in [6, 6.07) is 3.45. The zero-order valence-electron chi connectivity index (χ0n) is 10.9. The van der Waals surface area contributed by atoms with Crippen LogP contribution in [0.25, 0.3) is 0 Å². The zero-order valence-corrected chi connectivity index (χ0v) is 11.7. The molecule has 6 heteroatoms. The standard InChI is InChI=1S/C13H17NO4S/c1-10-8-12(9-11-2-5-18-13(10)11)19(15,16)14-3-6-17-7-4-14/h8-9H,2-7H2,1H3. The Morgan fingerprint density at radius 2 is 1.89 bits per heavy atom.